The number of nitrogens with one attached hydrogen (secondary N) is 2. The van der Waals surface area contributed by atoms with Crippen LogP contribution in [0.1, 0.15) is 48.7 Å². The Morgan fingerprint density at radius 1 is 1.07 bits per heavy atom. The van der Waals surface area contributed by atoms with Crippen molar-refractivity contribution >= 4 is 28.5 Å². The summed E-state index contributed by atoms with van der Waals surface area (Å²) in [6, 6.07) is 17.6. The molecule has 0 aliphatic heterocycles. The number of carboxylic acid groups (broad SMARTS) is 1. The molecule has 0 aliphatic rings. The molecule has 0 aliphatic carbocycles. The van der Waals surface area contributed by atoms with Gasteiger partial charge in [0.15, 0.2) is 0 Å². The van der Waals surface area contributed by atoms with E-state index >= 15 is 0 Å². The number of hydrogen-bond donors (Lipinski definition) is 3. The number of amides is 1. The lowest BCUT2D eigenvalue weighted by Crippen LogP contribution is -2.26. The molecule has 156 valence electrons. The number of nitrogens with zero attached hydrogens (tertiary/aromatic N) is 1. The molecule has 0 spiro atoms. The molecule has 1 aromatic heterocycles. The van der Waals surface area contributed by atoms with E-state index < -0.39 is 5.97 Å². The van der Waals surface area contributed by atoms with Crippen molar-refractivity contribution in [2.75, 3.05) is 11.9 Å². The van der Waals surface area contributed by atoms with Gasteiger partial charge in [0.05, 0.1) is 29.9 Å². The fourth-order valence-electron chi connectivity index (χ4n) is 3.35. The zero-order chi connectivity index (χ0) is 21.5. The Bertz CT molecular complexity index is 1020. The first kappa shape index (κ1) is 21.3. The second-order valence-electron chi connectivity index (χ2n) is 7.76. The third-order valence-electron chi connectivity index (χ3n) is 4.84. The van der Waals surface area contributed by atoms with Crippen molar-refractivity contribution in [2.24, 2.45) is 5.92 Å². The van der Waals surface area contributed by atoms with E-state index in [1.165, 1.54) is 0 Å². The van der Waals surface area contributed by atoms with Crippen LogP contribution in [0.4, 0.5) is 5.69 Å². The Labute approximate surface area is 176 Å². The van der Waals surface area contributed by atoms with Gasteiger partial charge in [0.2, 0.25) is 0 Å². The van der Waals surface area contributed by atoms with Crippen LogP contribution in [0.25, 0.3) is 10.9 Å². The number of benzene rings is 2. The molecule has 0 saturated heterocycles. The van der Waals surface area contributed by atoms with E-state index in [1.54, 1.807) is 12.1 Å². The van der Waals surface area contributed by atoms with Gasteiger partial charge >= 0.3 is 5.97 Å². The van der Waals surface area contributed by atoms with Crippen molar-refractivity contribution in [2.45, 2.75) is 32.7 Å². The molecular weight excluding hydrogens is 378 g/mol. The fraction of sp³-hybridized carbons (Fsp3) is 0.292. The molecule has 0 saturated carbocycles. The minimum atomic E-state index is -0.934. The molecule has 0 fully saturated rings. The molecular formula is C24H27N3O3. The van der Waals surface area contributed by atoms with Gasteiger partial charge in [-0.2, -0.15) is 0 Å². The molecule has 3 N–H and O–H groups in total. The van der Waals surface area contributed by atoms with Gasteiger partial charge in [-0.1, -0.05) is 44.2 Å². The van der Waals surface area contributed by atoms with Gasteiger partial charge in [0, 0.05) is 17.5 Å². The Morgan fingerprint density at radius 3 is 2.50 bits per heavy atom. The fourth-order valence-corrected chi connectivity index (χ4v) is 3.35. The van der Waals surface area contributed by atoms with Crippen LogP contribution in [0.5, 0.6) is 0 Å². The van der Waals surface area contributed by atoms with Crippen molar-refractivity contribution in [1.82, 2.24) is 10.3 Å². The molecule has 0 unspecified atom stereocenters. The molecule has 2 aromatic carbocycles. The summed E-state index contributed by atoms with van der Waals surface area (Å²) >= 11 is 0. The van der Waals surface area contributed by atoms with Crippen molar-refractivity contribution in [3.63, 3.8) is 0 Å². The predicted octanol–water partition coefficient (Wildman–Crippen LogP) is 4.64. The van der Waals surface area contributed by atoms with Crippen LogP contribution in [0.15, 0.2) is 60.8 Å². The third-order valence-corrected chi connectivity index (χ3v) is 4.84. The quantitative estimate of drug-likeness (QED) is 0.482. The van der Waals surface area contributed by atoms with E-state index in [1.807, 2.05) is 42.6 Å². The predicted molar refractivity (Wildman–Crippen MR) is 119 cm³/mol. The summed E-state index contributed by atoms with van der Waals surface area (Å²) in [7, 11) is 0. The van der Waals surface area contributed by atoms with Crippen molar-refractivity contribution in [1.29, 1.82) is 0 Å². The van der Waals surface area contributed by atoms with E-state index in [-0.39, 0.29) is 24.9 Å². The highest BCUT2D eigenvalue weighted by atomic mass is 16.4. The molecule has 1 atom stereocenters. The monoisotopic (exact) mass is 405 g/mol. The smallest absolute Gasteiger partial charge is 0.305 e. The molecule has 6 nitrogen and oxygen atoms in total. The first-order valence-electron chi connectivity index (χ1n) is 10.1. The summed E-state index contributed by atoms with van der Waals surface area (Å²) in [5, 5.41) is 16.0. The summed E-state index contributed by atoms with van der Waals surface area (Å²) in [5.74, 6) is -0.721. The summed E-state index contributed by atoms with van der Waals surface area (Å²) in [6.07, 6.45) is 2.68. The third kappa shape index (κ3) is 5.80. The lowest BCUT2D eigenvalue weighted by Gasteiger charge is -2.22. The maximum atomic E-state index is 12.2. The molecule has 3 aromatic rings. The number of fused-ring (bicyclic) bond motifs is 1. The second-order valence-corrected chi connectivity index (χ2v) is 7.76. The zero-order valence-corrected chi connectivity index (χ0v) is 17.3. The maximum Gasteiger partial charge on any atom is 0.305 e. The number of carbonyl (C=O) groups is 2. The van der Waals surface area contributed by atoms with Crippen LogP contribution in [-0.2, 0) is 4.79 Å². The number of hydrogen-bond acceptors (Lipinski definition) is 4. The van der Waals surface area contributed by atoms with E-state index in [4.69, 9.17) is 5.11 Å². The summed E-state index contributed by atoms with van der Waals surface area (Å²) in [5.41, 5.74) is 3.51. The van der Waals surface area contributed by atoms with E-state index in [0.29, 0.717) is 11.5 Å². The molecule has 6 heteroatoms. The Morgan fingerprint density at radius 2 is 1.80 bits per heavy atom. The minimum absolute atomic E-state index is 0.0806. The molecule has 0 radical (unpaired) electrons. The number of anilines is 1. The SMILES string of the molecule is CC(C)C[C@H](Nc1cnc2ccccc2c1)c1ccc(C(=O)NCCC(=O)O)cc1. The second kappa shape index (κ2) is 9.87. The Balaban J connectivity index is 1.74. The molecule has 0 bridgehead atoms. The average molecular weight is 405 g/mol. The van der Waals surface area contributed by atoms with E-state index in [0.717, 1.165) is 28.6 Å². The van der Waals surface area contributed by atoms with Crippen molar-refractivity contribution in [3.8, 4) is 0 Å². The molecule has 3 rings (SSSR count). The average Bonchev–Trinajstić information content (AvgIpc) is 2.72. The van der Waals surface area contributed by atoms with Crippen molar-refractivity contribution < 1.29 is 14.7 Å². The highest BCUT2D eigenvalue weighted by Gasteiger charge is 2.15. The highest BCUT2D eigenvalue weighted by molar-refractivity contribution is 5.94. The standard InChI is InChI=1S/C24H27N3O3/c1-16(2)13-22(27-20-14-19-5-3-4-6-21(19)26-15-20)17-7-9-18(10-8-17)24(30)25-12-11-23(28)29/h3-10,14-16,22,27H,11-13H2,1-2H3,(H,25,30)(H,28,29)/t22-/m0/s1. The van der Waals surface area contributed by atoms with Crippen LogP contribution >= 0.6 is 0 Å². The van der Waals surface area contributed by atoms with Crippen LogP contribution in [-0.4, -0.2) is 28.5 Å². The Kier molecular flexibility index (Phi) is 7.01. The van der Waals surface area contributed by atoms with Gasteiger partial charge in [0.1, 0.15) is 0 Å². The normalized spacial score (nSPS) is 12.0. The maximum absolute atomic E-state index is 12.2. The molecule has 1 amide bonds. The van der Waals surface area contributed by atoms with Gasteiger partial charge in [-0.3, -0.25) is 14.6 Å². The number of aliphatic carboxylic acids is 1. The zero-order valence-electron chi connectivity index (χ0n) is 17.3. The number of pyridine rings is 1. The number of carbonyl (C=O) groups excluding carboxylic acids is 1. The lowest BCUT2D eigenvalue weighted by molar-refractivity contribution is -0.136. The summed E-state index contributed by atoms with van der Waals surface area (Å²) in [6.45, 7) is 4.47. The summed E-state index contributed by atoms with van der Waals surface area (Å²) in [4.78, 5) is 27.3. The van der Waals surface area contributed by atoms with Crippen molar-refractivity contribution in [3.05, 3.63) is 71.9 Å². The van der Waals surface area contributed by atoms with Gasteiger partial charge in [-0.15, -0.1) is 0 Å². The number of aromatic nitrogens is 1. The molecule has 30 heavy (non-hydrogen) atoms. The number of carboxylic acids is 1. The minimum Gasteiger partial charge on any atom is -0.481 e. The highest BCUT2D eigenvalue weighted by Crippen LogP contribution is 2.27. The van der Waals surface area contributed by atoms with Crippen LogP contribution < -0.4 is 10.6 Å². The largest absolute Gasteiger partial charge is 0.481 e. The van der Waals surface area contributed by atoms with Gasteiger partial charge in [-0.25, -0.2) is 0 Å². The van der Waals surface area contributed by atoms with Gasteiger partial charge in [-0.05, 0) is 42.2 Å². The Hall–Kier alpha value is -3.41. The van der Waals surface area contributed by atoms with Crippen LogP contribution in [0, 0.1) is 5.92 Å². The number of rotatable bonds is 9. The van der Waals surface area contributed by atoms with Crippen LogP contribution in [0.3, 0.4) is 0 Å². The van der Waals surface area contributed by atoms with Gasteiger partial charge in [0.25, 0.3) is 5.91 Å². The molecule has 1 heterocycles. The van der Waals surface area contributed by atoms with E-state index in [2.05, 4.69) is 35.5 Å². The first-order chi connectivity index (χ1) is 14.4. The first-order valence-corrected chi connectivity index (χ1v) is 10.1. The van der Waals surface area contributed by atoms with E-state index in [9.17, 15) is 9.59 Å². The topological polar surface area (TPSA) is 91.3 Å². The van der Waals surface area contributed by atoms with Gasteiger partial charge < -0.3 is 15.7 Å². The summed E-state index contributed by atoms with van der Waals surface area (Å²) < 4.78 is 0. The van der Waals surface area contributed by atoms with Crippen LogP contribution in [0.2, 0.25) is 0 Å². The number of para-hydroxylation sites is 1. The lowest BCUT2D eigenvalue weighted by atomic mass is 9.96.